The van der Waals surface area contributed by atoms with Gasteiger partial charge in [-0.05, 0) is 46.5 Å². The molecule has 2 heterocycles. The largest absolute Gasteiger partial charge is 0.503 e. The lowest BCUT2D eigenvalue weighted by molar-refractivity contribution is -0.139. The van der Waals surface area contributed by atoms with Gasteiger partial charge in [-0.25, -0.2) is 0 Å². The van der Waals surface area contributed by atoms with Crippen molar-refractivity contribution in [1.29, 1.82) is 0 Å². The molecular weight excluding hydrogens is 452 g/mol. The number of hydrogen-bond donors (Lipinski definition) is 2. The van der Waals surface area contributed by atoms with Crippen LogP contribution in [0.3, 0.4) is 0 Å². The number of nitrogens with one attached hydrogen (secondary N) is 1. The van der Waals surface area contributed by atoms with Gasteiger partial charge in [0.15, 0.2) is 17.3 Å². The Hall–Kier alpha value is -2.32. The minimum atomic E-state index is -0.634. The van der Waals surface area contributed by atoms with E-state index in [9.17, 15) is 14.7 Å². The summed E-state index contributed by atoms with van der Waals surface area (Å²) in [6.45, 7) is 6.17. The zero-order valence-corrected chi connectivity index (χ0v) is 18.5. The predicted octanol–water partition coefficient (Wildman–Crippen LogP) is 2.85. The van der Waals surface area contributed by atoms with Crippen molar-refractivity contribution >= 4 is 27.6 Å². The van der Waals surface area contributed by atoms with Crippen molar-refractivity contribution in [2.75, 3.05) is 33.4 Å². The fraction of sp³-hybridized carbons (Fsp3) is 0.455. The van der Waals surface area contributed by atoms with Crippen molar-refractivity contribution in [3.63, 3.8) is 0 Å². The second-order valence-corrected chi connectivity index (χ2v) is 8.62. The normalized spacial score (nSPS) is 24.4. The maximum Gasteiger partial charge on any atom is 0.232 e. The van der Waals surface area contributed by atoms with Crippen molar-refractivity contribution in [2.45, 2.75) is 25.2 Å². The third-order valence-electron chi connectivity index (χ3n) is 6.01. The SMILES string of the molecule is C=C1NC2=C(C(=O)CCC2)C(c2cc(Br)c(O)c(OC)c2)C1C(=O)N1CCOCC1. The minimum absolute atomic E-state index is 0.0192. The van der Waals surface area contributed by atoms with Gasteiger partial charge in [0.25, 0.3) is 0 Å². The molecular formula is C22H25BrN2O5. The Kier molecular flexibility index (Phi) is 5.88. The first-order chi connectivity index (χ1) is 14.4. The lowest BCUT2D eigenvalue weighted by Gasteiger charge is -2.41. The van der Waals surface area contributed by atoms with Crippen molar-refractivity contribution in [1.82, 2.24) is 10.2 Å². The Bertz CT molecular complexity index is 936. The van der Waals surface area contributed by atoms with E-state index >= 15 is 0 Å². The van der Waals surface area contributed by atoms with Crippen LogP contribution < -0.4 is 10.1 Å². The Morgan fingerprint density at radius 3 is 2.77 bits per heavy atom. The number of Topliss-reactive ketones (excluding diaryl/α,β-unsaturated/α-hetero) is 1. The number of carbonyl (C=O) groups is 2. The number of rotatable bonds is 3. The van der Waals surface area contributed by atoms with Crippen LogP contribution in [0, 0.1) is 5.92 Å². The van der Waals surface area contributed by atoms with Gasteiger partial charge in [-0.1, -0.05) is 6.58 Å². The van der Waals surface area contributed by atoms with E-state index in [2.05, 4.69) is 27.8 Å². The zero-order chi connectivity index (χ0) is 21.4. The van der Waals surface area contributed by atoms with E-state index in [1.54, 1.807) is 17.0 Å². The van der Waals surface area contributed by atoms with Gasteiger partial charge in [0.05, 0.1) is 30.7 Å². The number of nitrogens with zero attached hydrogens (tertiary/aromatic N) is 1. The standard InChI is InChI=1S/C22H25BrN2O5/c1-12-18(22(28)25-6-8-30-9-7-25)19(20-15(24-12)4-3-5-16(20)26)13-10-14(23)21(27)17(11-13)29-2/h10-11,18-19,24,27H,1,3-9H2,2H3. The van der Waals surface area contributed by atoms with Crippen LogP contribution in [0.5, 0.6) is 11.5 Å². The number of ether oxygens (including phenoxy) is 2. The molecule has 1 aromatic carbocycles. The number of hydrogen-bond acceptors (Lipinski definition) is 6. The summed E-state index contributed by atoms with van der Waals surface area (Å²) in [5.41, 5.74) is 2.80. The molecule has 8 heteroatoms. The van der Waals surface area contributed by atoms with Gasteiger partial charge in [0.1, 0.15) is 0 Å². The summed E-state index contributed by atoms with van der Waals surface area (Å²) in [6, 6.07) is 3.46. The highest BCUT2D eigenvalue weighted by molar-refractivity contribution is 9.10. The number of ketones is 1. The van der Waals surface area contributed by atoms with Gasteiger partial charge in [-0.15, -0.1) is 0 Å². The van der Waals surface area contributed by atoms with Gasteiger partial charge < -0.3 is 24.8 Å². The fourth-order valence-electron chi connectivity index (χ4n) is 4.55. The molecule has 1 fully saturated rings. The summed E-state index contributed by atoms with van der Waals surface area (Å²) in [5.74, 6) is -0.897. The second-order valence-electron chi connectivity index (χ2n) is 7.77. The second kappa shape index (κ2) is 8.43. The topological polar surface area (TPSA) is 88.1 Å². The van der Waals surface area contributed by atoms with Crippen molar-refractivity contribution in [3.05, 3.63) is 45.7 Å². The van der Waals surface area contributed by atoms with Crippen LogP contribution in [0.25, 0.3) is 0 Å². The molecule has 7 nitrogen and oxygen atoms in total. The highest BCUT2D eigenvalue weighted by Gasteiger charge is 2.44. The van der Waals surface area contributed by atoms with Crippen LogP contribution in [0.1, 0.15) is 30.7 Å². The predicted molar refractivity (Wildman–Crippen MR) is 114 cm³/mol. The lowest BCUT2D eigenvalue weighted by Crippen LogP contribution is -2.49. The Morgan fingerprint density at radius 2 is 2.07 bits per heavy atom. The molecule has 2 N–H and O–H groups in total. The van der Waals surface area contributed by atoms with Gasteiger partial charge in [-0.2, -0.15) is 0 Å². The summed E-state index contributed by atoms with van der Waals surface area (Å²) < 4.78 is 11.2. The molecule has 2 unspecified atom stereocenters. The van der Waals surface area contributed by atoms with Crippen LogP contribution in [0.15, 0.2) is 40.2 Å². The molecule has 1 aliphatic carbocycles. The molecule has 30 heavy (non-hydrogen) atoms. The maximum atomic E-state index is 13.6. The Labute approximate surface area is 183 Å². The minimum Gasteiger partial charge on any atom is -0.503 e. The van der Waals surface area contributed by atoms with Crippen molar-refractivity contribution in [3.8, 4) is 11.5 Å². The van der Waals surface area contributed by atoms with E-state index in [4.69, 9.17) is 9.47 Å². The molecule has 0 saturated carbocycles. The summed E-state index contributed by atoms with van der Waals surface area (Å²) in [4.78, 5) is 28.4. The van der Waals surface area contributed by atoms with Crippen LogP contribution in [-0.4, -0.2) is 55.1 Å². The van der Waals surface area contributed by atoms with E-state index in [0.29, 0.717) is 48.5 Å². The number of aromatic hydroxyl groups is 1. The van der Waals surface area contributed by atoms with E-state index < -0.39 is 11.8 Å². The number of phenolic OH excluding ortho intramolecular Hbond substituents is 1. The van der Waals surface area contributed by atoms with Crippen LogP contribution in [0.4, 0.5) is 0 Å². The van der Waals surface area contributed by atoms with Gasteiger partial charge in [0, 0.05) is 42.4 Å². The summed E-state index contributed by atoms with van der Waals surface area (Å²) in [5, 5.41) is 13.5. The first-order valence-corrected chi connectivity index (χ1v) is 10.9. The van der Waals surface area contributed by atoms with Crippen molar-refractivity contribution < 1.29 is 24.2 Å². The van der Waals surface area contributed by atoms with Crippen LogP contribution in [-0.2, 0) is 14.3 Å². The molecule has 1 saturated heterocycles. The van der Waals surface area contributed by atoms with E-state index in [1.807, 2.05) is 0 Å². The number of morpholine rings is 1. The lowest BCUT2D eigenvalue weighted by atomic mass is 9.71. The van der Waals surface area contributed by atoms with Crippen LogP contribution in [0.2, 0.25) is 0 Å². The number of halogens is 1. The number of carbonyl (C=O) groups excluding carboxylic acids is 2. The number of benzene rings is 1. The smallest absolute Gasteiger partial charge is 0.232 e. The molecule has 0 aromatic heterocycles. The van der Waals surface area contributed by atoms with Gasteiger partial charge >= 0.3 is 0 Å². The average Bonchev–Trinajstić information content (AvgIpc) is 2.75. The zero-order valence-electron chi connectivity index (χ0n) is 16.9. The monoisotopic (exact) mass is 476 g/mol. The summed E-state index contributed by atoms with van der Waals surface area (Å²) >= 11 is 3.38. The summed E-state index contributed by atoms with van der Waals surface area (Å²) in [7, 11) is 1.47. The Morgan fingerprint density at radius 1 is 1.33 bits per heavy atom. The molecule has 3 aliphatic rings. The first kappa shape index (κ1) is 20.9. The fourth-order valence-corrected chi connectivity index (χ4v) is 5.01. The molecule has 0 spiro atoms. The number of amides is 1. The van der Waals surface area contributed by atoms with Gasteiger partial charge in [-0.3, -0.25) is 9.59 Å². The molecule has 4 rings (SSSR count). The molecule has 1 amide bonds. The molecule has 1 aromatic rings. The van der Waals surface area contributed by atoms with Crippen LogP contribution >= 0.6 is 15.9 Å². The maximum absolute atomic E-state index is 13.6. The van der Waals surface area contributed by atoms with E-state index in [-0.39, 0.29) is 23.2 Å². The van der Waals surface area contributed by atoms with E-state index in [0.717, 1.165) is 24.1 Å². The third-order valence-corrected chi connectivity index (χ3v) is 6.61. The molecule has 160 valence electrons. The number of allylic oxidation sites excluding steroid dienone is 2. The third kappa shape index (κ3) is 3.63. The molecule has 2 aliphatic heterocycles. The quantitative estimate of drug-likeness (QED) is 0.697. The molecule has 0 radical (unpaired) electrons. The number of methoxy groups -OCH3 is 1. The van der Waals surface area contributed by atoms with E-state index in [1.165, 1.54) is 7.11 Å². The molecule has 0 bridgehead atoms. The highest BCUT2D eigenvalue weighted by Crippen LogP contribution is 2.47. The number of phenols is 1. The van der Waals surface area contributed by atoms with Crippen molar-refractivity contribution in [2.24, 2.45) is 5.92 Å². The summed E-state index contributed by atoms with van der Waals surface area (Å²) in [6.07, 6.45) is 1.97. The Balaban J connectivity index is 1.85. The first-order valence-electron chi connectivity index (χ1n) is 10.1. The average molecular weight is 477 g/mol. The molecule has 2 atom stereocenters. The highest BCUT2D eigenvalue weighted by atomic mass is 79.9. The van der Waals surface area contributed by atoms with Gasteiger partial charge in [0.2, 0.25) is 5.91 Å².